The van der Waals surface area contributed by atoms with Crippen molar-refractivity contribution in [1.82, 2.24) is 19.5 Å². The molecule has 5 N–H and O–H groups in total. The van der Waals surface area contributed by atoms with Gasteiger partial charge in [0, 0.05) is 6.04 Å². The van der Waals surface area contributed by atoms with Gasteiger partial charge in [0.1, 0.15) is 24.2 Å². The molecule has 1 saturated carbocycles. The third kappa shape index (κ3) is 4.71. The molecule has 0 spiro atoms. The number of rotatable bonds is 7. The average molecular weight is 478 g/mol. The average Bonchev–Trinajstić information content (AvgIpc) is 3.36. The molecule has 172 valence electrons. The van der Waals surface area contributed by atoms with E-state index in [-0.39, 0.29) is 17.9 Å². The molecule has 4 atom stereocenters. The van der Waals surface area contributed by atoms with Crippen LogP contribution in [0.2, 0.25) is 5.28 Å². The fourth-order valence-electron chi connectivity index (χ4n) is 4.09. The van der Waals surface area contributed by atoms with Crippen molar-refractivity contribution in [2.75, 3.05) is 18.3 Å². The molecule has 4 rings (SSSR count). The summed E-state index contributed by atoms with van der Waals surface area (Å²) in [6.45, 7) is 1.06. The van der Waals surface area contributed by atoms with Gasteiger partial charge in [-0.1, -0.05) is 12.8 Å². The Kier molecular flexibility index (Phi) is 6.27. The highest BCUT2D eigenvalue weighted by atomic mass is 35.5. The highest BCUT2D eigenvalue weighted by molar-refractivity contribution is 7.51. The van der Waals surface area contributed by atoms with Crippen molar-refractivity contribution in [3.8, 4) is 0 Å². The van der Waals surface area contributed by atoms with Crippen LogP contribution in [-0.4, -0.2) is 76.3 Å². The monoisotopic (exact) mass is 477 g/mol. The summed E-state index contributed by atoms with van der Waals surface area (Å²) in [7, 11) is -4.37. The van der Waals surface area contributed by atoms with Gasteiger partial charge in [-0.05, 0) is 31.4 Å². The molecule has 1 aliphatic carbocycles. The number of aliphatic hydroxyl groups is 2. The normalized spacial score (nSPS) is 29.8. The number of fused-ring (bicyclic) bond motifs is 1. The van der Waals surface area contributed by atoms with E-state index in [1.807, 2.05) is 0 Å². The number of halogens is 1. The number of imidazole rings is 1. The lowest BCUT2D eigenvalue weighted by Crippen LogP contribution is -2.44. The number of aromatic nitrogens is 4. The molecule has 0 aromatic carbocycles. The Morgan fingerprint density at radius 1 is 1.39 bits per heavy atom. The van der Waals surface area contributed by atoms with E-state index >= 15 is 0 Å². The highest BCUT2D eigenvalue weighted by Crippen LogP contribution is 2.41. The Morgan fingerprint density at radius 3 is 2.77 bits per heavy atom. The molecule has 0 radical (unpaired) electrons. The van der Waals surface area contributed by atoms with E-state index in [0.717, 1.165) is 25.7 Å². The van der Waals surface area contributed by atoms with E-state index in [4.69, 9.17) is 30.9 Å². The van der Waals surface area contributed by atoms with Crippen LogP contribution in [0.5, 0.6) is 0 Å². The van der Waals surface area contributed by atoms with Crippen molar-refractivity contribution in [1.29, 1.82) is 0 Å². The lowest BCUT2D eigenvalue weighted by atomic mass is 9.96. The van der Waals surface area contributed by atoms with Gasteiger partial charge >= 0.3 is 7.60 Å². The summed E-state index contributed by atoms with van der Waals surface area (Å²) in [5.41, 5.74) is -0.999. The first-order valence-corrected chi connectivity index (χ1v) is 12.1. The summed E-state index contributed by atoms with van der Waals surface area (Å²) < 4.78 is 23.2. The predicted molar refractivity (Wildman–Crippen MR) is 110 cm³/mol. The van der Waals surface area contributed by atoms with Crippen LogP contribution < -0.4 is 5.32 Å². The first-order chi connectivity index (χ1) is 14.6. The zero-order valence-electron chi connectivity index (χ0n) is 16.8. The number of nitrogens with zero attached hydrogens (tertiary/aromatic N) is 4. The highest BCUT2D eigenvalue weighted by Gasteiger charge is 2.53. The largest absolute Gasteiger partial charge is 0.387 e. The quantitative estimate of drug-likeness (QED) is 0.284. The van der Waals surface area contributed by atoms with E-state index in [0.29, 0.717) is 17.0 Å². The number of anilines is 1. The number of ether oxygens (including phenoxy) is 2. The van der Waals surface area contributed by atoms with Crippen molar-refractivity contribution >= 4 is 36.2 Å². The molecule has 0 bridgehead atoms. The van der Waals surface area contributed by atoms with Crippen LogP contribution in [0.3, 0.4) is 0 Å². The molecular weight excluding hydrogens is 453 g/mol. The maximum Gasteiger partial charge on any atom is 0.350 e. The second-order valence-corrected chi connectivity index (χ2v) is 10.1. The minimum Gasteiger partial charge on any atom is -0.387 e. The first-order valence-electron chi connectivity index (χ1n) is 9.91. The molecule has 31 heavy (non-hydrogen) atoms. The molecule has 2 fully saturated rings. The number of aliphatic hydroxyl groups excluding tert-OH is 1. The minimum atomic E-state index is -4.37. The third-order valence-corrected chi connectivity index (χ3v) is 6.33. The van der Waals surface area contributed by atoms with Crippen molar-refractivity contribution in [2.24, 2.45) is 0 Å². The van der Waals surface area contributed by atoms with Crippen LogP contribution in [-0.2, 0) is 14.0 Å². The number of hydrogen-bond acceptors (Lipinski definition) is 9. The SMILES string of the molecule is C[C@@]1(O)[C@H](O)[C@@H](COCP(=O)(O)O)O[C@H]1n1cnc2c(NC3CCCC3)nc(Cl)nc21. The molecule has 3 heterocycles. The lowest BCUT2D eigenvalue weighted by Gasteiger charge is -2.27. The van der Waals surface area contributed by atoms with Gasteiger partial charge in [0.05, 0.1) is 12.9 Å². The van der Waals surface area contributed by atoms with Gasteiger partial charge in [0.15, 0.2) is 23.2 Å². The zero-order chi connectivity index (χ0) is 22.4. The van der Waals surface area contributed by atoms with E-state index in [1.165, 1.54) is 17.8 Å². The molecule has 0 unspecified atom stereocenters. The zero-order valence-corrected chi connectivity index (χ0v) is 18.4. The summed E-state index contributed by atoms with van der Waals surface area (Å²) in [5, 5.41) is 24.8. The molecule has 0 amide bonds. The first kappa shape index (κ1) is 22.8. The molecular formula is C17H25ClN5O7P. The van der Waals surface area contributed by atoms with E-state index in [1.54, 1.807) is 0 Å². The van der Waals surface area contributed by atoms with E-state index in [9.17, 15) is 14.8 Å². The Balaban J connectivity index is 1.60. The van der Waals surface area contributed by atoms with Crippen molar-refractivity contribution in [3.63, 3.8) is 0 Å². The van der Waals surface area contributed by atoms with Crippen molar-refractivity contribution in [2.45, 2.75) is 62.7 Å². The summed E-state index contributed by atoms with van der Waals surface area (Å²) in [6.07, 6.45) is 1.39. The standard InChI is InChI=1S/C17H25ClN5O7P/c1-17(25)12(24)10(6-29-8-31(26,27)28)30-15(17)23-7-19-11-13(20-9-4-2-3-5-9)21-16(18)22-14(11)23/h7,9-10,12,15,24-25H,2-6,8H2,1H3,(H,20,21,22)(H2,26,27,28)/t10-,12-,15-,17-/m1/s1. The van der Waals surface area contributed by atoms with Gasteiger partial charge in [0.25, 0.3) is 0 Å². The predicted octanol–water partition coefficient (Wildman–Crippen LogP) is 0.995. The molecule has 2 aromatic heterocycles. The third-order valence-electron chi connectivity index (χ3n) is 5.64. The van der Waals surface area contributed by atoms with Crippen molar-refractivity contribution in [3.05, 3.63) is 11.6 Å². The number of nitrogens with one attached hydrogen (secondary N) is 1. The maximum atomic E-state index is 11.0. The van der Waals surface area contributed by atoms with Crippen LogP contribution >= 0.6 is 19.2 Å². The van der Waals surface area contributed by atoms with Crippen LogP contribution in [0.1, 0.15) is 38.8 Å². The van der Waals surface area contributed by atoms with Gasteiger partial charge < -0.3 is 34.8 Å². The van der Waals surface area contributed by atoms with Gasteiger partial charge in [-0.3, -0.25) is 9.13 Å². The van der Waals surface area contributed by atoms with Gasteiger partial charge in [0.2, 0.25) is 5.28 Å². The number of hydrogen-bond donors (Lipinski definition) is 5. The molecule has 2 aliphatic rings. The molecule has 2 aromatic rings. The summed E-state index contributed by atoms with van der Waals surface area (Å²) >= 11 is 6.13. The Labute approximate surface area is 182 Å². The summed E-state index contributed by atoms with van der Waals surface area (Å²) in [6, 6.07) is 0.266. The van der Waals surface area contributed by atoms with E-state index < -0.39 is 38.0 Å². The fraction of sp³-hybridized carbons (Fsp3) is 0.706. The van der Waals surface area contributed by atoms with Crippen LogP contribution in [0.15, 0.2) is 6.33 Å². The smallest absolute Gasteiger partial charge is 0.350 e. The van der Waals surface area contributed by atoms with Crippen LogP contribution in [0, 0.1) is 0 Å². The van der Waals surface area contributed by atoms with Crippen molar-refractivity contribution < 1.29 is 34.0 Å². The second kappa shape index (κ2) is 8.53. The Hall–Kier alpha value is -1.37. The molecule has 12 nitrogen and oxygen atoms in total. The molecule has 1 saturated heterocycles. The molecule has 14 heteroatoms. The van der Waals surface area contributed by atoms with Gasteiger partial charge in [-0.25, -0.2) is 4.98 Å². The van der Waals surface area contributed by atoms with Crippen LogP contribution in [0.4, 0.5) is 5.82 Å². The molecule has 1 aliphatic heterocycles. The van der Waals surface area contributed by atoms with Gasteiger partial charge in [-0.15, -0.1) is 0 Å². The minimum absolute atomic E-state index is 0.00513. The van der Waals surface area contributed by atoms with E-state index in [2.05, 4.69) is 20.3 Å². The lowest BCUT2D eigenvalue weighted by molar-refractivity contribution is -0.0959. The van der Waals surface area contributed by atoms with Gasteiger partial charge in [-0.2, -0.15) is 9.97 Å². The Morgan fingerprint density at radius 2 is 2.10 bits per heavy atom. The summed E-state index contributed by atoms with van der Waals surface area (Å²) in [4.78, 5) is 30.7. The second-order valence-electron chi connectivity index (χ2n) is 8.15. The fourth-order valence-corrected chi connectivity index (χ4v) is 4.60. The van der Waals surface area contributed by atoms with Crippen LogP contribution in [0.25, 0.3) is 11.2 Å². The summed E-state index contributed by atoms with van der Waals surface area (Å²) in [5.74, 6) is 0.486. The maximum absolute atomic E-state index is 11.0. The topological polar surface area (TPSA) is 172 Å². The Bertz CT molecular complexity index is 993.